The Morgan fingerprint density at radius 3 is 2.50 bits per heavy atom. The third-order valence-corrected chi connectivity index (χ3v) is 7.17. The van der Waals surface area contributed by atoms with Crippen molar-refractivity contribution in [3.63, 3.8) is 0 Å². The molecule has 0 unspecified atom stereocenters. The lowest BCUT2D eigenvalue weighted by Crippen LogP contribution is -2.03. The van der Waals surface area contributed by atoms with Crippen LogP contribution in [0.5, 0.6) is 5.75 Å². The average molecular weight is 503 g/mol. The molecule has 0 atom stereocenters. The fourth-order valence-corrected chi connectivity index (χ4v) is 5.93. The molecular weight excluding hydrogens is 485 g/mol. The van der Waals surface area contributed by atoms with Crippen molar-refractivity contribution in [2.75, 3.05) is 0 Å². The van der Waals surface area contributed by atoms with Crippen molar-refractivity contribution < 1.29 is 4.74 Å². The molecule has 0 spiro atoms. The second-order valence-corrected chi connectivity index (χ2v) is 9.88. The molecule has 162 valence electrons. The Morgan fingerprint density at radius 1 is 0.969 bits per heavy atom. The van der Waals surface area contributed by atoms with E-state index in [2.05, 4.69) is 9.98 Å². The number of benzene rings is 2. The largest absolute Gasteiger partial charge is 0.486 e. The first-order valence-electron chi connectivity index (χ1n) is 10.2. The van der Waals surface area contributed by atoms with E-state index < -0.39 is 0 Å². The molecule has 4 aromatic rings. The number of rotatable bonds is 5. The Bertz CT molecular complexity index is 1300. The standard InChI is InChI=1S/C24H18Cl3N3OS/c25-15-9-16(26)11-17(10-15)28-12-14-5-7-18(8-6-14)31-13-21-29-23(27)22-19-3-1-2-4-20(19)32-24(22)30-21/h5-12H,1-4,13H2. The Hall–Kier alpha value is -2.18. The molecule has 0 saturated heterocycles. The Balaban J connectivity index is 1.27. The van der Waals surface area contributed by atoms with Gasteiger partial charge in [0.1, 0.15) is 22.3 Å². The first-order valence-corrected chi connectivity index (χ1v) is 12.2. The lowest BCUT2D eigenvalue weighted by molar-refractivity contribution is 0.296. The van der Waals surface area contributed by atoms with Crippen molar-refractivity contribution in [1.29, 1.82) is 0 Å². The summed E-state index contributed by atoms with van der Waals surface area (Å²) >= 11 is 20.3. The lowest BCUT2D eigenvalue weighted by Gasteiger charge is -2.10. The van der Waals surface area contributed by atoms with Gasteiger partial charge in [0.15, 0.2) is 5.82 Å². The molecule has 0 N–H and O–H groups in total. The molecule has 32 heavy (non-hydrogen) atoms. The van der Waals surface area contributed by atoms with Gasteiger partial charge in [0.2, 0.25) is 0 Å². The van der Waals surface area contributed by atoms with E-state index in [9.17, 15) is 0 Å². The second-order valence-electron chi connectivity index (χ2n) is 7.57. The highest BCUT2D eigenvalue weighted by atomic mass is 35.5. The molecule has 2 aromatic heterocycles. The molecule has 2 heterocycles. The molecule has 0 bridgehead atoms. The summed E-state index contributed by atoms with van der Waals surface area (Å²) in [5.74, 6) is 1.31. The number of halogens is 3. The van der Waals surface area contributed by atoms with Crippen molar-refractivity contribution in [2.24, 2.45) is 4.99 Å². The van der Waals surface area contributed by atoms with Crippen molar-refractivity contribution in [2.45, 2.75) is 32.3 Å². The zero-order valence-corrected chi connectivity index (χ0v) is 20.0. The normalized spacial score (nSPS) is 13.6. The summed E-state index contributed by atoms with van der Waals surface area (Å²) in [6.45, 7) is 0.257. The Labute approximate surface area is 204 Å². The van der Waals surface area contributed by atoms with E-state index in [0.717, 1.165) is 34.4 Å². The number of hydrogen-bond donors (Lipinski definition) is 0. The summed E-state index contributed by atoms with van der Waals surface area (Å²) in [6, 6.07) is 12.8. The Morgan fingerprint density at radius 2 is 1.72 bits per heavy atom. The molecule has 1 aliphatic carbocycles. The van der Waals surface area contributed by atoms with Crippen molar-refractivity contribution in [1.82, 2.24) is 9.97 Å². The van der Waals surface area contributed by atoms with Crippen LogP contribution >= 0.6 is 46.1 Å². The highest BCUT2D eigenvalue weighted by Crippen LogP contribution is 2.38. The van der Waals surface area contributed by atoms with Crippen LogP contribution in [0.2, 0.25) is 15.2 Å². The SMILES string of the molecule is Clc1cc(Cl)cc(N=Cc2ccc(OCc3nc(Cl)c4c5c(sc4n3)CCCC5)cc2)c1. The fourth-order valence-electron chi connectivity index (χ4n) is 3.78. The quantitative estimate of drug-likeness (QED) is 0.206. The molecular formula is C24H18Cl3N3OS. The molecule has 0 fully saturated rings. The van der Waals surface area contributed by atoms with E-state index in [1.165, 1.54) is 23.3 Å². The lowest BCUT2D eigenvalue weighted by atomic mass is 9.97. The molecule has 0 amide bonds. The monoisotopic (exact) mass is 501 g/mol. The molecule has 0 saturated carbocycles. The van der Waals surface area contributed by atoms with Crippen LogP contribution in [0.15, 0.2) is 47.5 Å². The summed E-state index contributed by atoms with van der Waals surface area (Å²) in [6.07, 6.45) is 6.36. The van der Waals surface area contributed by atoms with Gasteiger partial charge >= 0.3 is 0 Å². The number of aromatic nitrogens is 2. The van der Waals surface area contributed by atoms with Gasteiger partial charge in [-0.05, 0) is 79.3 Å². The third kappa shape index (κ3) is 4.76. The molecule has 0 radical (unpaired) electrons. The summed E-state index contributed by atoms with van der Waals surface area (Å²) in [4.78, 5) is 16.0. The number of aliphatic imine (C=N–C) groups is 1. The van der Waals surface area contributed by atoms with Crippen LogP contribution in [-0.2, 0) is 19.4 Å². The maximum atomic E-state index is 6.52. The van der Waals surface area contributed by atoms with Gasteiger partial charge in [0.05, 0.1) is 11.1 Å². The van der Waals surface area contributed by atoms with E-state index in [-0.39, 0.29) is 6.61 Å². The van der Waals surface area contributed by atoms with E-state index in [1.54, 1.807) is 35.8 Å². The van der Waals surface area contributed by atoms with Gasteiger partial charge in [-0.15, -0.1) is 11.3 Å². The van der Waals surface area contributed by atoms with Gasteiger partial charge < -0.3 is 4.74 Å². The van der Waals surface area contributed by atoms with Crippen LogP contribution in [-0.4, -0.2) is 16.2 Å². The van der Waals surface area contributed by atoms with Crippen molar-refractivity contribution >= 4 is 68.3 Å². The average Bonchev–Trinajstić information content (AvgIpc) is 3.15. The molecule has 4 nitrogen and oxygen atoms in total. The minimum atomic E-state index is 0.257. The smallest absolute Gasteiger partial charge is 0.169 e. The number of hydrogen-bond acceptors (Lipinski definition) is 5. The van der Waals surface area contributed by atoms with Crippen LogP contribution < -0.4 is 4.74 Å². The van der Waals surface area contributed by atoms with Crippen LogP contribution in [0.25, 0.3) is 10.2 Å². The molecule has 8 heteroatoms. The van der Waals surface area contributed by atoms with E-state index in [1.807, 2.05) is 24.3 Å². The maximum Gasteiger partial charge on any atom is 0.169 e. The molecule has 2 aromatic carbocycles. The molecule has 0 aliphatic heterocycles. The summed E-state index contributed by atoms with van der Waals surface area (Å²) in [5, 5.41) is 2.66. The van der Waals surface area contributed by atoms with Crippen LogP contribution in [0.3, 0.4) is 0 Å². The number of ether oxygens (including phenoxy) is 1. The van der Waals surface area contributed by atoms with Gasteiger partial charge in [-0.1, -0.05) is 34.8 Å². The van der Waals surface area contributed by atoms with E-state index in [0.29, 0.717) is 26.7 Å². The van der Waals surface area contributed by atoms with Crippen LogP contribution in [0, 0.1) is 0 Å². The second kappa shape index (κ2) is 9.36. The zero-order valence-electron chi connectivity index (χ0n) is 16.9. The first kappa shape index (κ1) is 21.7. The molecule has 1 aliphatic rings. The van der Waals surface area contributed by atoms with Gasteiger partial charge in [-0.2, -0.15) is 0 Å². The zero-order chi connectivity index (χ0) is 22.1. The number of thiophene rings is 1. The third-order valence-electron chi connectivity index (χ3n) is 5.27. The van der Waals surface area contributed by atoms with Crippen LogP contribution in [0.4, 0.5) is 5.69 Å². The topological polar surface area (TPSA) is 47.4 Å². The van der Waals surface area contributed by atoms with Crippen molar-refractivity contribution in [3.8, 4) is 5.75 Å². The predicted octanol–water partition coefficient (Wildman–Crippen LogP) is 7.86. The van der Waals surface area contributed by atoms with E-state index >= 15 is 0 Å². The van der Waals surface area contributed by atoms with Gasteiger partial charge in [-0.3, -0.25) is 4.99 Å². The first-order chi connectivity index (χ1) is 15.5. The summed E-state index contributed by atoms with van der Waals surface area (Å²) in [5.41, 5.74) is 2.96. The number of aryl methyl sites for hydroxylation is 2. The minimum absolute atomic E-state index is 0.257. The van der Waals surface area contributed by atoms with Gasteiger partial charge in [0.25, 0.3) is 0 Å². The van der Waals surface area contributed by atoms with Crippen LogP contribution in [0.1, 0.15) is 34.7 Å². The van der Waals surface area contributed by atoms with Crippen molar-refractivity contribution in [3.05, 3.63) is 79.5 Å². The minimum Gasteiger partial charge on any atom is -0.486 e. The number of fused-ring (bicyclic) bond motifs is 3. The fraction of sp³-hybridized carbons (Fsp3) is 0.208. The van der Waals surface area contributed by atoms with E-state index in [4.69, 9.17) is 44.5 Å². The summed E-state index contributed by atoms with van der Waals surface area (Å²) < 4.78 is 5.89. The highest BCUT2D eigenvalue weighted by Gasteiger charge is 2.20. The summed E-state index contributed by atoms with van der Waals surface area (Å²) in [7, 11) is 0. The van der Waals surface area contributed by atoms with Gasteiger partial charge in [-0.25, -0.2) is 9.97 Å². The predicted molar refractivity (Wildman–Crippen MR) is 134 cm³/mol. The molecule has 5 rings (SSSR count). The van der Waals surface area contributed by atoms with Gasteiger partial charge in [0, 0.05) is 21.1 Å². The number of nitrogens with zero attached hydrogens (tertiary/aromatic N) is 3. The highest BCUT2D eigenvalue weighted by molar-refractivity contribution is 7.19. The Kier molecular flexibility index (Phi) is 6.33. The maximum absolute atomic E-state index is 6.52.